The minimum Gasteiger partial charge on any atom is -0.370 e. The Kier molecular flexibility index (Phi) is 4.56. The molecule has 0 atom stereocenters. The van der Waals surface area contributed by atoms with Crippen molar-refractivity contribution in [3.05, 3.63) is 59.7 Å². The molecule has 1 amide bonds. The second-order valence-electron chi connectivity index (χ2n) is 4.55. The minimum absolute atomic E-state index is 0.0381. The van der Waals surface area contributed by atoms with E-state index in [9.17, 15) is 4.79 Å². The van der Waals surface area contributed by atoms with Gasteiger partial charge in [0.15, 0.2) is 5.96 Å². The van der Waals surface area contributed by atoms with Gasteiger partial charge in [-0.15, -0.1) is 0 Å². The molecular formula is C16H18N4O. The van der Waals surface area contributed by atoms with E-state index in [2.05, 4.69) is 10.3 Å². The topological polar surface area (TPSA) is 93.5 Å². The van der Waals surface area contributed by atoms with Crippen LogP contribution in [0.4, 0.5) is 11.4 Å². The van der Waals surface area contributed by atoms with E-state index in [0.29, 0.717) is 11.3 Å². The first-order chi connectivity index (χ1) is 10.1. The zero-order valence-electron chi connectivity index (χ0n) is 11.8. The van der Waals surface area contributed by atoms with Crippen molar-refractivity contribution >= 4 is 23.2 Å². The molecule has 0 spiro atoms. The number of carbonyl (C=O) groups is 1. The zero-order valence-corrected chi connectivity index (χ0v) is 11.8. The average Bonchev–Trinajstić information content (AvgIpc) is 2.47. The van der Waals surface area contributed by atoms with Gasteiger partial charge in [-0.25, -0.2) is 4.99 Å². The molecule has 5 N–H and O–H groups in total. The largest absolute Gasteiger partial charge is 0.370 e. The Hall–Kier alpha value is -2.82. The van der Waals surface area contributed by atoms with E-state index >= 15 is 0 Å². The highest BCUT2D eigenvalue weighted by Crippen LogP contribution is 2.18. The Morgan fingerprint density at radius 2 is 1.90 bits per heavy atom. The molecule has 5 nitrogen and oxygen atoms in total. The first-order valence-corrected chi connectivity index (χ1v) is 6.69. The lowest BCUT2D eigenvalue weighted by molar-refractivity contribution is 0.102. The van der Waals surface area contributed by atoms with Crippen LogP contribution in [0.2, 0.25) is 0 Å². The van der Waals surface area contributed by atoms with Crippen molar-refractivity contribution in [2.24, 2.45) is 16.5 Å². The molecule has 2 rings (SSSR count). The standard InChI is InChI=1S/C16H18N4O/c1-2-11-6-3-4-9-14(11)20-15(21)12-7-5-8-13(10-12)19-16(17)18/h3-10H,2H2,1H3,(H,20,21)(H4,17,18,19). The lowest BCUT2D eigenvalue weighted by Gasteiger charge is -2.10. The molecule has 0 bridgehead atoms. The van der Waals surface area contributed by atoms with Crippen LogP contribution in [0.5, 0.6) is 0 Å². The van der Waals surface area contributed by atoms with E-state index in [1.54, 1.807) is 24.3 Å². The molecule has 0 saturated carbocycles. The van der Waals surface area contributed by atoms with Crippen LogP contribution in [0.3, 0.4) is 0 Å². The van der Waals surface area contributed by atoms with Crippen LogP contribution >= 0.6 is 0 Å². The van der Waals surface area contributed by atoms with Crippen molar-refractivity contribution in [2.75, 3.05) is 5.32 Å². The molecule has 0 saturated heterocycles. The van der Waals surface area contributed by atoms with E-state index in [1.165, 1.54) is 0 Å². The van der Waals surface area contributed by atoms with Crippen molar-refractivity contribution in [1.29, 1.82) is 0 Å². The molecule has 0 aromatic heterocycles. The Morgan fingerprint density at radius 3 is 2.62 bits per heavy atom. The molecule has 0 aliphatic carbocycles. The predicted octanol–water partition coefficient (Wildman–Crippen LogP) is 2.41. The second kappa shape index (κ2) is 6.56. The molecule has 0 fully saturated rings. The van der Waals surface area contributed by atoms with Crippen molar-refractivity contribution in [3.8, 4) is 0 Å². The molecule has 5 heteroatoms. The number of nitrogens with zero attached hydrogens (tertiary/aromatic N) is 1. The molecule has 21 heavy (non-hydrogen) atoms. The summed E-state index contributed by atoms with van der Waals surface area (Å²) in [5, 5.41) is 2.91. The van der Waals surface area contributed by atoms with E-state index in [4.69, 9.17) is 11.5 Å². The fourth-order valence-electron chi connectivity index (χ4n) is 2.01. The van der Waals surface area contributed by atoms with Crippen LogP contribution in [0.1, 0.15) is 22.8 Å². The van der Waals surface area contributed by atoms with E-state index in [1.807, 2.05) is 31.2 Å². The third-order valence-corrected chi connectivity index (χ3v) is 3.01. The number of hydrogen-bond donors (Lipinski definition) is 3. The van der Waals surface area contributed by atoms with E-state index in [0.717, 1.165) is 17.7 Å². The highest BCUT2D eigenvalue weighted by atomic mass is 16.1. The number of anilines is 1. The lowest BCUT2D eigenvalue weighted by Crippen LogP contribution is -2.22. The molecule has 108 valence electrons. The van der Waals surface area contributed by atoms with Crippen LogP contribution in [-0.2, 0) is 6.42 Å². The van der Waals surface area contributed by atoms with Gasteiger partial charge >= 0.3 is 0 Å². The first kappa shape index (κ1) is 14.6. The molecule has 0 unspecified atom stereocenters. The van der Waals surface area contributed by atoms with Crippen LogP contribution in [0, 0.1) is 0 Å². The summed E-state index contributed by atoms with van der Waals surface area (Å²) >= 11 is 0. The fraction of sp³-hybridized carbons (Fsp3) is 0.125. The highest BCUT2D eigenvalue weighted by molar-refractivity contribution is 6.05. The number of guanidine groups is 1. The maximum absolute atomic E-state index is 12.3. The summed E-state index contributed by atoms with van der Waals surface area (Å²) in [4.78, 5) is 16.2. The Labute approximate surface area is 123 Å². The highest BCUT2D eigenvalue weighted by Gasteiger charge is 2.08. The maximum Gasteiger partial charge on any atom is 0.255 e. The van der Waals surface area contributed by atoms with Gasteiger partial charge in [0.05, 0.1) is 5.69 Å². The Bertz CT molecular complexity index is 675. The SMILES string of the molecule is CCc1ccccc1NC(=O)c1cccc(N=C(N)N)c1. The molecule has 2 aromatic rings. The van der Waals surface area contributed by atoms with Gasteiger partial charge in [0, 0.05) is 11.3 Å². The molecule has 2 aromatic carbocycles. The third-order valence-electron chi connectivity index (χ3n) is 3.01. The quantitative estimate of drug-likeness (QED) is 0.593. The van der Waals surface area contributed by atoms with Gasteiger partial charge in [0.25, 0.3) is 5.91 Å². The number of hydrogen-bond acceptors (Lipinski definition) is 2. The summed E-state index contributed by atoms with van der Waals surface area (Å²) in [6.07, 6.45) is 0.852. The third kappa shape index (κ3) is 3.82. The zero-order chi connectivity index (χ0) is 15.2. The number of nitrogens with two attached hydrogens (primary N) is 2. The van der Waals surface area contributed by atoms with Crippen LogP contribution in [-0.4, -0.2) is 11.9 Å². The average molecular weight is 282 g/mol. The number of benzene rings is 2. The summed E-state index contributed by atoms with van der Waals surface area (Å²) in [6, 6.07) is 14.6. The number of para-hydroxylation sites is 1. The molecular weight excluding hydrogens is 264 g/mol. The second-order valence-corrected chi connectivity index (χ2v) is 4.55. The van der Waals surface area contributed by atoms with Gasteiger partial charge in [-0.2, -0.15) is 0 Å². The Balaban J connectivity index is 2.22. The summed E-state index contributed by atoms with van der Waals surface area (Å²) in [5.74, 6) is -0.229. The smallest absolute Gasteiger partial charge is 0.255 e. The number of amides is 1. The van der Waals surface area contributed by atoms with Crippen LogP contribution < -0.4 is 16.8 Å². The van der Waals surface area contributed by atoms with E-state index in [-0.39, 0.29) is 11.9 Å². The van der Waals surface area contributed by atoms with Gasteiger partial charge in [0.1, 0.15) is 0 Å². The fourth-order valence-corrected chi connectivity index (χ4v) is 2.01. The van der Waals surface area contributed by atoms with Gasteiger partial charge in [0.2, 0.25) is 0 Å². The van der Waals surface area contributed by atoms with Gasteiger partial charge in [-0.1, -0.05) is 31.2 Å². The van der Waals surface area contributed by atoms with Crippen LogP contribution in [0.15, 0.2) is 53.5 Å². The minimum atomic E-state index is -0.191. The summed E-state index contributed by atoms with van der Waals surface area (Å²) in [5.41, 5.74) is 13.6. The number of aliphatic imine (C=N–C) groups is 1. The first-order valence-electron chi connectivity index (χ1n) is 6.69. The summed E-state index contributed by atoms with van der Waals surface area (Å²) in [6.45, 7) is 2.05. The normalized spacial score (nSPS) is 9.95. The predicted molar refractivity (Wildman–Crippen MR) is 85.7 cm³/mol. The van der Waals surface area contributed by atoms with Gasteiger partial charge in [-0.3, -0.25) is 4.79 Å². The van der Waals surface area contributed by atoms with E-state index < -0.39 is 0 Å². The lowest BCUT2D eigenvalue weighted by atomic mass is 10.1. The Morgan fingerprint density at radius 1 is 1.14 bits per heavy atom. The number of nitrogens with one attached hydrogen (secondary N) is 1. The molecule has 0 aliphatic heterocycles. The van der Waals surface area contributed by atoms with Gasteiger partial charge in [-0.05, 0) is 36.2 Å². The molecule has 0 aliphatic rings. The maximum atomic E-state index is 12.3. The van der Waals surface area contributed by atoms with Crippen molar-refractivity contribution in [2.45, 2.75) is 13.3 Å². The number of aryl methyl sites for hydroxylation is 1. The number of carbonyl (C=O) groups excluding carboxylic acids is 1. The van der Waals surface area contributed by atoms with Crippen LogP contribution in [0.25, 0.3) is 0 Å². The molecule has 0 heterocycles. The molecule has 0 radical (unpaired) electrons. The summed E-state index contributed by atoms with van der Waals surface area (Å²) in [7, 11) is 0. The number of rotatable bonds is 4. The van der Waals surface area contributed by atoms with Gasteiger partial charge < -0.3 is 16.8 Å². The van der Waals surface area contributed by atoms with Crippen molar-refractivity contribution < 1.29 is 4.79 Å². The van der Waals surface area contributed by atoms with Crippen molar-refractivity contribution in [1.82, 2.24) is 0 Å². The monoisotopic (exact) mass is 282 g/mol. The van der Waals surface area contributed by atoms with Crippen molar-refractivity contribution in [3.63, 3.8) is 0 Å². The summed E-state index contributed by atoms with van der Waals surface area (Å²) < 4.78 is 0.